The van der Waals surface area contributed by atoms with Gasteiger partial charge >= 0.3 is 0 Å². The predicted molar refractivity (Wildman–Crippen MR) is 89.3 cm³/mol. The van der Waals surface area contributed by atoms with Gasteiger partial charge in [-0.2, -0.15) is 0 Å². The monoisotopic (exact) mass is 293 g/mol. The van der Waals surface area contributed by atoms with Crippen molar-refractivity contribution in [3.8, 4) is 5.75 Å². The molecule has 1 saturated heterocycles. The van der Waals surface area contributed by atoms with Crippen LogP contribution in [0.5, 0.6) is 5.75 Å². The first kappa shape index (κ1) is 13.8. The van der Waals surface area contributed by atoms with Crippen LogP contribution in [0.2, 0.25) is 0 Å². The van der Waals surface area contributed by atoms with Crippen LogP contribution >= 0.6 is 0 Å². The highest BCUT2D eigenvalue weighted by Gasteiger charge is 2.38. The van der Waals surface area contributed by atoms with Gasteiger partial charge in [0.15, 0.2) is 0 Å². The van der Waals surface area contributed by atoms with E-state index in [0.717, 1.165) is 12.2 Å². The molecule has 4 rings (SSSR count). The second kappa shape index (κ2) is 5.77. The zero-order chi connectivity index (χ0) is 14.9. The SMILES string of the molecule is Cc1cccc(O[C@H]2c3ccccc3C[C@@H]2N2CCCC2)c1. The fourth-order valence-electron chi connectivity index (χ4n) is 3.91. The van der Waals surface area contributed by atoms with E-state index < -0.39 is 0 Å². The Hall–Kier alpha value is -1.80. The first-order valence-corrected chi connectivity index (χ1v) is 8.36. The number of hydrogen-bond acceptors (Lipinski definition) is 2. The number of hydrogen-bond donors (Lipinski definition) is 0. The van der Waals surface area contributed by atoms with Crippen LogP contribution in [0.4, 0.5) is 0 Å². The van der Waals surface area contributed by atoms with E-state index in [9.17, 15) is 0 Å². The minimum Gasteiger partial charge on any atom is -0.484 e. The second-order valence-corrected chi connectivity index (χ2v) is 6.57. The maximum atomic E-state index is 6.47. The summed E-state index contributed by atoms with van der Waals surface area (Å²) in [7, 11) is 0. The van der Waals surface area contributed by atoms with Crippen LogP contribution in [-0.2, 0) is 6.42 Å². The molecule has 2 aliphatic rings. The van der Waals surface area contributed by atoms with Gasteiger partial charge in [-0.3, -0.25) is 4.90 Å². The molecule has 0 saturated carbocycles. The van der Waals surface area contributed by atoms with Gasteiger partial charge in [0.1, 0.15) is 11.9 Å². The Bertz CT molecular complexity index is 660. The van der Waals surface area contributed by atoms with Crippen molar-refractivity contribution in [2.24, 2.45) is 0 Å². The van der Waals surface area contributed by atoms with Gasteiger partial charge in [-0.05, 0) is 68.1 Å². The van der Waals surface area contributed by atoms with E-state index in [1.165, 1.54) is 42.6 Å². The fraction of sp³-hybridized carbons (Fsp3) is 0.400. The van der Waals surface area contributed by atoms with Gasteiger partial charge in [0, 0.05) is 0 Å². The lowest BCUT2D eigenvalue weighted by molar-refractivity contribution is 0.0941. The van der Waals surface area contributed by atoms with Crippen LogP contribution in [0.1, 0.15) is 35.6 Å². The Morgan fingerprint density at radius 3 is 2.64 bits per heavy atom. The van der Waals surface area contributed by atoms with Gasteiger partial charge < -0.3 is 4.74 Å². The van der Waals surface area contributed by atoms with Crippen LogP contribution in [0.25, 0.3) is 0 Å². The molecule has 2 aromatic rings. The zero-order valence-electron chi connectivity index (χ0n) is 13.2. The summed E-state index contributed by atoms with van der Waals surface area (Å²) < 4.78 is 6.47. The van der Waals surface area contributed by atoms with Gasteiger partial charge in [-0.15, -0.1) is 0 Å². The standard InChI is InChI=1S/C20H23NO/c1-15-7-6-9-17(13-15)22-20-18-10-3-2-8-16(18)14-19(20)21-11-4-5-12-21/h2-3,6-10,13,19-20H,4-5,11-12,14H2,1H3/t19-,20-/m0/s1. The van der Waals surface area contributed by atoms with Crippen LogP contribution in [-0.4, -0.2) is 24.0 Å². The van der Waals surface area contributed by atoms with E-state index in [1.54, 1.807) is 0 Å². The summed E-state index contributed by atoms with van der Waals surface area (Å²) in [5, 5.41) is 0. The topological polar surface area (TPSA) is 12.5 Å². The number of fused-ring (bicyclic) bond motifs is 1. The molecule has 0 bridgehead atoms. The molecular formula is C20H23NO. The lowest BCUT2D eigenvalue weighted by atomic mass is 10.1. The molecule has 0 radical (unpaired) electrons. The maximum Gasteiger partial charge on any atom is 0.140 e. The van der Waals surface area contributed by atoms with Crippen molar-refractivity contribution in [1.82, 2.24) is 4.90 Å². The van der Waals surface area contributed by atoms with Crippen LogP contribution in [0.15, 0.2) is 48.5 Å². The Kier molecular flexibility index (Phi) is 3.63. The molecule has 114 valence electrons. The van der Waals surface area contributed by atoms with Gasteiger partial charge in [-0.25, -0.2) is 0 Å². The minimum atomic E-state index is 0.163. The van der Waals surface area contributed by atoms with Crippen LogP contribution in [0, 0.1) is 6.92 Å². The highest BCUT2D eigenvalue weighted by atomic mass is 16.5. The molecule has 0 unspecified atom stereocenters. The number of likely N-dealkylation sites (tertiary alicyclic amines) is 1. The molecule has 0 N–H and O–H groups in total. The number of nitrogens with zero attached hydrogens (tertiary/aromatic N) is 1. The van der Waals surface area contributed by atoms with Crippen molar-refractivity contribution in [3.63, 3.8) is 0 Å². The summed E-state index contributed by atoms with van der Waals surface area (Å²) in [6.45, 7) is 4.55. The Morgan fingerprint density at radius 1 is 1.00 bits per heavy atom. The molecule has 1 fully saturated rings. The largest absolute Gasteiger partial charge is 0.484 e. The summed E-state index contributed by atoms with van der Waals surface area (Å²) in [5.74, 6) is 0.992. The third-order valence-electron chi connectivity index (χ3n) is 5.00. The smallest absolute Gasteiger partial charge is 0.140 e. The molecule has 0 spiro atoms. The summed E-state index contributed by atoms with van der Waals surface area (Å²) in [4.78, 5) is 2.63. The number of aryl methyl sites for hydroxylation is 1. The van der Waals surface area contributed by atoms with Crippen molar-refractivity contribution >= 4 is 0 Å². The summed E-state index contributed by atoms with van der Waals surface area (Å²) in [5.41, 5.74) is 4.08. The van der Waals surface area contributed by atoms with Crippen molar-refractivity contribution in [2.45, 2.75) is 38.3 Å². The highest BCUT2D eigenvalue weighted by molar-refractivity contribution is 5.38. The molecule has 2 nitrogen and oxygen atoms in total. The normalized spacial score (nSPS) is 24.4. The third-order valence-corrected chi connectivity index (χ3v) is 5.00. The van der Waals surface area contributed by atoms with Crippen LogP contribution < -0.4 is 4.74 Å². The maximum absolute atomic E-state index is 6.47. The highest BCUT2D eigenvalue weighted by Crippen LogP contribution is 2.39. The molecule has 0 aromatic heterocycles. The lowest BCUT2D eigenvalue weighted by Gasteiger charge is -2.30. The molecule has 1 aliphatic carbocycles. The van der Waals surface area contributed by atoms with Crippen molar-refractivity contribution < 1.29 is 4.74 Å². The van der Waals surface area contributed by atoms with Gasteiger partial charge in [0.2, 0.25) is 0 Å². The molecule has 2 heteroatoms. The quantitative estimate of drug-likeness (QED) is 0.843. The Labute approximate surface area is 132 Å². The number of rotatable bonds is 3. The van der Waals surface area contributed by atoms with E-state index >= 15 is 0 Å². The minimum absolute atomic E-state index is 0.163. The first-order valence-electron chi connectivity index (χ1n) is 8.36. The third kappa shape index (κ3) is 2.52. The average molecular weight is 293 g/mol. The molecule has 22 heavy (non-hydrogen) atoms. The summed E-state index contributed by atoms with van der Waals surface area (Å²) in [6, 6.07) is 17.7. The molecular weight excluding hydrogens is 270 g/mol. The number of benzene rings is 2. The zero-order valence-corrected chi connectivity index (χ0v) is 13.2. The van der Waals surface area contributed by atoms with E-state index in [4.69, 9.17) is 4.74 Å². The molecule has 0 amide bonds. The molecule has 2 atom stereocenters. The average Bonchev–Trinajstić information content (AvgIpc) is 3.15. The summed E-state index contributed by atoms with van der Waals surface area (Å²) >= 11 is 0. The molecule has 2 aromatic carbocycles. The van der Waals surface area contributed by atoms with Gasteiger partial charge in [-0.1, -0.05) is 36.4 Å². The Balaban J connectivity index is 1.65. The number of ether oxygens (including phenoxy) is 1. The lowest BCUT2D eigenvalue weighted by Crippen LogP contribution is -2.38. The van der Waals surface area contributed by atoms with Gasteiger partial charge in [0.25, 0.3) is 0 Å². The van der Waals surface area contributed by atoms with Crippen molar-refractivity contribution in [1.29, 1.82) is 0 Å². The second-order valence-electron chi connectivity index (χ2n) is 6.57. The van der Waals surface area contributed by atoms with E-state index in [2.05, 4.69) is 60.4 Å². The summed E-state index contributed by atoms with van der Waals surface area (Å²) in [6.07, 6.45) is 3.93. The Morgan fingerprint density at radius 2 is 1.82 bits per heavy atom. The van der Waals surface area contributed by atoms with Gasteiger partial charge in [0.05, 0.1) is 6.04 Å². The van der Waals surface area contributed by atoms with E-state index in [-0.39, 0.29) is 6.10 Å². The van der Waals surface area contributed by atoms with Crippen molar-refractivity contribution in [2.75, 3.05) is 13.1 Å². The fourth-order valence-corrected chi connectivity index (χ4v) is 3.91. The van der Waals surface area contributed by atoms with E-state index in [1.807, 2.05) is 0 Å². The first-order chi connectivity index (χ1) is 10.8. The van der Waals surface area contributed by atoms with Crippen LogP contribution in [0.3, 0.4) is 0 Å². The molecule has 1 aliphatic heterocycles. The van der Waals surface area contributed by atoms with Crippen molar-refractivity contribution in [3.05, 3.63) is 65.2 Å². The predicted octanol–water partition coefficient (Wildman–Crippen LogP) is 4.14. The molecule has 1 heterocycles. The van der Waals surface area contributed by atoms with E-state index in [0.29, 0.717) is 6.04 Å².